The number of benzene rings is 2. The molecule has 0 saturated heterocycles. The monoisotopic (exact) mass is 329 g/mol. The van der Waals surface area contributed by atoms with E-state index in [9.17, 15) is 9.90 Å². The molecule has 0 spiro atoms. The lowest BCUT2D eigenvalue weighted by Gasteiger charge is -2.19. The van der Waals surface area contributed by atoms with Gasteiger partial charge in [-0.2, -0.15) is 0 Å². The van der Waals surface area contributed by atoms with Gasteiger partial charge in [0.2, 0.25) is 5.91 Å². The van der Waals surface area contributed by atoms with Crippen LogP contribution in [0.4, 0.5) is 0 Å². The van der Waals surface area contributed by atoms with Crippen LogP contribution < -0.4 is 5.32 Å². The second kappa shape index (κ2) is 6.34. The highest BCUT2D eigenvalue weighted by Gasteiger charge is 2.51. The molecule has 3 rings (SSSR count). The number of hydrogen-bond donors (Lipinski definition) is 2. The maximum absolute atomic E-state index is 12.6. The molecule has 2 N–H and O–H groups in total. The second-order valence-electron chi connectivity index (χ2n) is 6.17. The first-order valence-electron chi connectivity index (χ1n) is 7.81. The molecule has 0 heterocycles. The number of aliphatic hydroxyl groups is 1. The summed E-state index contributed by atoms with van der Waals surface area (Å²) in [5.41, 5.74) is 2.34. The van der Waals surface area contributed by atoms with Gasteiger partial charge in [0, 0.05) is 11.6 Å². The minimum absolute atomic E-state index is 0.0348. The Kier molecular flexibility index (Phi) is 4.42. The number of aryl methyl sites for hydroxylation is 1. The van der Waals surface area contributed by atoms with E-state index in [1.807, 2.05) is 49.4 Å². The molecule has 1 amide bonds. The van der Waals surface area contributed by atoms with Crippen LogP contribution in [-0.4, -0.2) is 17.6 Å². The zero-order chi connectivity index (χ0) is 16.4. The SMILES string of the molecule is Cc1ccccc1C(O)CNC(=O)C1(c2cccc(Cl)c2)CC1. The predicted molar refractivity (Wildman–Crippen MR) is 91.5 cm³/mol. The van der Waals surface area contributed by atoms with Crippen molar-refractivity contribution in [1.29, 1.82) is 0 Å². The summed E-state index contributed by atoms with van der Waals surface area (Å²) >= 11 is 6.04. The van der Waals surface area contributed by atoms with Crippen LogP contribution in [0.5, 0.6) is 0 Å². The molecule has 1 saturated carbocycles. The largest absolute Gasteiger partial charge is 0.387 e. The Hall–Kier alpha value is -1.84. The molecular formula is C19H20ClNO2. The predicted octanol–water partition coefficient (Wildman–Crippen LogP) is 3.53. The Morgan fingerprint density at radius 1 is 1.26 bits per heavy atom. The van der Waals surface area contributed by atoms with Gasteiger partial charge in [0.05, 0.1) is 11.5 Å². The van der Waals surface area contributed by atoms with Gasteiger partial charge in [-0.3, -0.25) is 4.79 Å². The van der Waals surface area contributed by atoms with Gasteiger partial charge >= 0.3 is 0 Å². The molecule has 1 atom stereocenters. The molecule has 0 bridgehead atoms. The van der Waals surface area contributed by atoms with Gasteiger partial charge in [-0.1, -0.05) is 48.0 Å². The third-order valence-electron chi connectivity index (χ3n) is 4.57. The van der Waals surface area contributed by atoms with Gasteiger partial charge in [-0.05, 0) is 48.6 Å². The molecule has 0 radical (unpaired) electrons. The quantitative estimate of drug-likeness (QED) is 0.881. The van der Waals surface area contributed by atoms with Crippen LogP contribution in [0.15, 0.2) is 48.5 Å². The van der Waals surface area contributed by atoms with E-state index >= 15 is 0 Å². The normalized spacial score (nSPS) is 16.7. The number of rotatable bonds is 5. The van der Waals surface area contributed by atoms with Crippen LogP contribution in [0, 0.1) is 6.92 Å². The van der Waals surface area contributed by atoms with Crippen LogP contribution >= 0.6 is 11.6 Å². The Morgan fingerprint density at radius 2 is 2.00 bits per heavy atom. The molecule has 1 unspecified atom stereocenters. The maximum atomic E-state index is 12.6. The fourth-order valence-corrected chi connectivity index (χ4v) is 3.18. The lowest BCUT2D eigenvalue weighted by Crippen LogP contribution is -2.37. The summed E-state index contributed by atoms with van der Waals surface area (Å²) < 4.78 is 0. The molecule has 120 valence electrons. The Balaban J connectivity index is 1.67. The Labute approximate surface area is 141 Å². The lowest BCUT2D eigenvalue weighted by molar-refractivity contribution is -0.124. The summed E-state index contributed by atoms with van der Waals surface area (Å²) in [6.07, 6.45) is 0.939. The molecule has 2 aromatic carbocycles. The van der Waals surface area contributed by atoms with E-state index < -0.39 is 11.5 Å². The van der Waals surface area contributed by atoms with E-state index in [1.165, 1.54) is 0 Å². The highest BCUT2D eigenvalue weighted by atomic mass is 35.5. The molecule has 2 aromatic rings. The van der Waals surface area contributed by atoms with E-state index in [2.05, 4.69) is 5.32 Å². The van der Waals surface area contributed by atoms with Crippen LogP contribution in [0.3, 0.4) is 0 Å². The fraction of sp³-hybridized carbons (Fsp3) is 0.316. The van der Waals surface area contributed by atoms with Crippen molar-refractivity contribution in [3.63, 3.8) is 0 Å². The number of hydrogen-bond acceptors (Lipinski definition) is 2. The zero-order valence-electron chi connectivity index (χ0n) is 13.1. The third kappa shape index (κ3) is 3.26. The highest BCUT2D eigenvalue weighted by Crippen LogP contribution is 2.48. The minimum atomic E-state index is -0.699. The van der Waals surface area contributed by atoms with Crippen LogP contribution in [0.1, 0.15) is 35.6 Å². The van der Waals surface area contributed by atoms with Crippen LogP contribution in [-0.2, 0) is 10.2 Å². The van der Waals surface area contributed by atoms with E-state index in [4.69, 9.17) is 11.6 Å². The summed E-state index contributed by atoms with van der Waals surface area (Å²) in [6.45, 7) is 2.17. The standard InChI is InChI=1S/C19H20ClNO2/c1-13-5-2-3-8-16(13)17(22)12-21-18(23)19(9-10-19)14-6-4-7-15(20)11-14/h2-8,11,17,22H,9-10,12H2,1H3,(H,21,23). The summed E-state index contributed by atoms with van der Waals surface area (Å²) in [6, 6.07) is 15.1. The van der Waals surface area contributed by atoms with Crippen molar-refractivity contribution >= 4 is 17.5 Å². The molecular weight excluding hydrogens is 310 g/mol. The Morgan fingerprint density at radius 3 is 2.65 bits per heavy atom. The van der Waals surface area contributed by atoms with Crippen molar-refractivity contribution in [3.8, 4) is 0 Å². The van der Waals surface area contributed by atoms with Gasteiger partial charge in [0.1, 0.15) is 0 Å². The molecule has 23 heavy (non-hydrogen) atoms. The molecule has 0 aliphatic heterocycles. The van der Waals surface area contributed by atoms with Gasteiger partial charge in [0.15, 0.2) is 0 Å². The van der Waals surface area contributed by atoms with E-state index in [0.717, 1.165) is 29.5 Å². The average molecular weight is 330 g/mol. The first kappa shape index (κ1) is 16.0. The van der Waals surface area contributed by atoms with Crippen molar-refractivity contribution in [1.82, 2.24) is 5.32 Å². The number of amides is 1. The number of nitrogens with one attached hydrogen (secondary N) is 1. The van der Waals surface area contributed by atoms with Crippen molar-refractivity contribution in [2.45, 2.75) is 31.3 Å². The first-order valence-corrected chi connectivity index (χ1v) is 8.19. The third-order valence-corrected chi connectivity index (χ3v) is 4.80. The van der Waals surface area contributed by atoms with E-state index in [-0.39, 0.29) is 12.5 Å². The molecule has 0 aromatic heterocycles. The molecule has 1 aliphatic carbocycles. The van der Waals surface area contributed by atoms with Crippen molar-refractivity contribution < 1.29 is 9.90 Å². The molecule has 4 heteroatoms. The lowest BCUT2D eigenvalue weighted by atomic mass is 9.94. The van der Waals surface area contributed by atoms with E-state index in [1.54, 1.807) is 6.07 Å². The molecule has 1 aliphatic rings. The zero-order valence-corrected chi connectivity index (χ0v) is 13.8. The topological polar surface area (TPSA) is 49.3 Å². The van der Waals surface area contributed by atoms with Gasteiger partial charge in [-0.15, -0.1) is 0 Å². The smallest absolute Gasteiger partial charge is 0.230 e. The number of aliphatic hydroxyl groups excluding tert-OH is 1. The number of carbonyl (C=O) groups is 1. The summed E-state index contributed by atoms with van der Waals surface area (Å²) in [4.78, 5) is 12.6. The van der Waals surface area contributed by atoms with Crippen LogP contribution in [0.25, 0.3) is 0 Å². The van der Waals surface area contributed by atoms with Crippen molar-refractivity contribution in [2.24, 2.45) is 0 Å². The summed E-state index contributed by atoms with van der Waals surface area (Å²) in [7, 11) is 0. The highest BCUT2D eigenvalue weighted by molar-refractivity contribution is 6.30. The minimum Gasteiger partial charge on any atom is -0.387 e. The Bertz CT molecular complexity index is 725. The average Bonchev–Trinajstić information content (AvgIpc) is 3.34. The van der Waals surface area contributed by atoms with Gasteiger partial charge in [0.25, 0.3) is 0 Å². The fourth-order valence-electron chi connectivity index (χ4n) is 2.99. The maximum Gasteiger partial charge on any atom is 0.230 e. The number of halogens is 1. The summed E-state index contributed by atoms with van der Waals surface area (Å²) in [5.74, 6) is -0.0348. The van der Waals surface area contributed by atoms with Gasteiger partial charge in [-0.25, -0.2) is 0 Å². The van der Waals surface area contributed by atoms with Gasteiger partial charge < -0.3 is 10.4 Å². The molecule has 3 nitrogen and oxygen atoms in total. The van der Waals surface area contributed by atoms with Crippen molar-refractivity contribution in [3.05, 3.63) is 70.2 Å². The molecule has 1 fully saturated rings. The summed E-state index contributed by atoms with van der Waals surface area (Å²) in [5, 5.41) is 13.9. The van der Waals surface area contributed by atoms with Crippen molar-refractivity contribution in [2.75, 3.05) is 6.54 Å². The second-order valence-corrected chi connectivity index (χ2v) is 6.61. The van der Waals surface area contributed by atoms with E-state index in [0.29, 0.717) is 5.02 Å². The van der Waals surface area contributed by atoms with Crippen LogP contribution in [0.2, 0.25) is 5.02 Å². The first-order chi connectivity index (χ1) is 11.0. The number of carbonyl (C=O) groups excluding carboxylic acids is 1.